The van der Waals surface area contributed by atoms with Crippen LogP contribution >= 0.6 is 0 Å². The van der Waals surface area contributed by atoms with Crippen LogP contribution in [0, 0.1) is 0 Å². The number of fused-ring (bicyclic) bond motifs is 1. The Morgan fingerprint density at radius 3 is 2.36 bits per heavy atom. The maximum Gasteiger partial charge on any atom is 0.453 e. The molecule has 0 N–H and O–H groups in total. The van der Waals surface area contributed by atoms with Gasteiger partial charge >= 0.3 is 6.18 Å². The third kappa shape index (κ3) is 3.01. The first-order chi connectivity index (χ1) is 12.0. The lowest BCUT2D eigenvalue weighted by Gasteiger charge is -2.32. The highest BCUT2D eigenvalue weighted by Gasteiger charge is 2.37. The van der Waals surface area contributed by atoms with Crippen molar-refractivity contribution in [3.8, 4) is 0 Å². The van der Waals surface area contributed by atoms with Gasteiger partial charge in [-0.15, -0.1) is 15.3 Å². The molecule has 3 aromatic heterocycles. The number of aromatic nitrogens is 5. The Morgan fingerprint density at radius 1 is 0.960 bits per heavy atom. The molecule has 0 amide bonds. The lowest BCUT2D eigenvalue weighted by Crippen LogP contribution is -2.34. The van der Waals surface area contributed by atoms with Crippen molar-refractivity contribution in [3.63, 3.8) is 0 Å². The number of halogens is 3. The topological polar surface area (TPSA) is 59.2 Å². The maximum atomic E-state index is 13.0. The van der Waals surface area contributed by atoms with Gasteiger partial charge in [0.2, 0.25) is 0 Å². The Hall–Kier alpha value is -2.71. The zero-order chi connectivity index (χ0) is 17.4. The largest absolute Gasteiger partial charge is 0.453 e. The third-order valence-corrected chi connectivity index (χ3v) is 4.50. The van der Waals surface area contributed by atoms with Gasteiger partial charge in [-0.05, 0) is 48.6 Å². The average molecular weight is 348 g/mol. The summed E-state index contributed by atoms with van der Waals surface area (Å²) >= 11 is 0. The van der Waals surface area contributed by atoms with Gasteiger partial charge in [-0.1, -0.05) is 0 Å². The van der Waals surface area contributed by atoms with E-state index in [1.807, 2.05) is 17.0 Å². The van der Waals surface area contributed by atoms with E-state index in [-0.39, 0.29) is 5.65 Å². The number of rotatable bonds is 2. The number of hydrogen-bond donors (Lipinski definition) is 0. The quantitative estimate of drug-likeness (QED) is 0.713. The second kappa shape index (κ2) is 5.98. The SMILES string of the molecule is FC(F)(F)c1nnc2ccc(N3CCC(c4ccncc4)CC3)nn12. The Morgan fingerprint density at radius 2 is 1.68 bits per heavy atom. The summed E-state index contributed by atoms with van der Waals surface area (Å²) in [5.74, 6) is -0.161. The fourth-order valence-electron chi connectivity index (χ4n) is 3.20. The van der Waals surface area contributed by atoms with Gasteiger partial charge in [-0.3, -0.25) is 4.98 Å². The van der Waals surface area contributed by atoms with Gasteiger partial charge < -0.3 is 4.90 Å². The van der Waals surface area contributed by atoms with Crippen LogP contribution in [0.25, 0.3) is 5.65 Å². The van der Waals surface area contributed by atoms with E-state index in [1.165, 1.54) is 11.6 Å². The highest BCUT2D eigenvalue weighted by molar-refractivity contribution is 5.46. The van der Waals surface area contributed by atoms with Crippen LogP contribution in [-0.4, -0.2) is 37.9 Å². The molecule has 1 aliphatic heterocycles. The van der Waals surface area contributed by atoms with Crippen molar-refractivity contribution >= 4 is 11.5 Å². The van der Waals surface area contributed by atoms with Gasteiger partial charge in [-0.25, -0.2) is 0 Å². The number of anilines is 1. The van der Waals surface area contributed by atoms with E-state index in [0.29, 0.717) is 11.7 Å². The molecule has 1 aliphatic rings. The van der Waals surface area contributed by atoms with Gasteiger partial charge in [0.05, 0.1) is 0 Å². The van der Waals surface area contributed by atoms with Crippen molar-refractivity contribution in [3.05, 3.63) is 48.0 Å². The van der Waals surface area contributed by atoms with Gasteiger partial charge in [0.15, 0.2) is 5.65 Å². The van der Waals surface area contributed by atoms with Gasteiger partial charge in [0.1, 0.15) is 5.82 Å². The molecule has 1 saturated heterocycles. The molecule has 4 heterocycles. The van der Waals surface area contributed by atoms with Crippen LogP contribution in [0.3, 0.4) is 0 Å². The van der Waals surface area contributed by atoms with Crippen LogP contribution in [0.4, 0.5) is 19.0 Å². The normalized spacial score (nSPS) is 16.5. The molecular formula is C16H15F3N6. The molecule has 0 spiro atoms. The van der Waals surface area contributed by atoms with E-state index < -0.39 is 12.0 Å². The van der Waals surface area contributed by atoms with Crippen molar-refractivity contribution < 1.29 is 13.2 Å². The summed E-state index contributed by atoms with van der Waals surface area (Å²) in [5, 5.41) is 10.8. The fraction of sp³-hybridized carbons (Fsp3) is 0.375. The lowest BCUT2D eigenvalue weighted by atomic mass is 9.90. The van der Waals surface area contributed by atoms with Crippen LogP contribution in [0.15, 0.2) is 36.7 Å². The molecule has 0 aromatic carbocycles. The number of nitrogens with zero attached hydrogens (tertiary/aromatic N) is 6. The molecule has 0 aliphatic carbocycles. The van der Waals surface area contributed by atoms with Gasteiger partial charge in [-0.2, -0.15) is 17.7 Å². The number of hydrogen-bond acceptors (Lipinski definition) is 5. The molecule has 0 radical (unpaired) electrons. The Balaban J connectivity index is 1.55. The van der Waals surface area contributed by atoms with E-state index in [9.17, 15) is 13.2 Å². The minimum absolute atomic E-state index is 0.0859. The predicted octanol–water partition coefficient (Wildman–Crippen LogP) is 2.92. The summed E-state index contributed by atoms with van der Waals surface area (Å²) in [7, 11) is 0. The van der Waals surface area contributed by atoms with Crippen LogP contribution in [0.5, 0.6) is 0 Å². The summed E-state index contributed by atoms with van der Waals surface area (Å²) in [6.07, 6.45) is 0.805. The average Bonchev–Trinajstić information content (AvgIpc) is 3.06. The molecular weight excluding hydrogens is 333 g/mol. The highest BCUT2D eigenvalue weighted by atomic mass is 19.4. The van der Waals surface area contributed by atoms with Crippen molar-refractivity contribution in [1.82, 2.24) is 24.8 Å². The fourth-order valence-corrected chi connectivity index (χ4v) is 3.20. The first-order valence-corrected chi connectivity index (χ1v) is 7.97. The van der Waals surface area contributed by atoms with E-state index >= 15 is 0 Å². The van der Waals surface area contributed by atoms with E-state index in [1.54, 1.807) is 18.5 Å². The second-order valence-electron chi connectivity index (χ2n) is 6.02. The molecule has 0 saturated carbocycles. The summed E-state index contributed by atoms with van der Waals surface area (Å²) in [4.78, 5) is 6.03. The molecule has 130 valence electrons. The first kappa shape index (κ1) is 15.8. The molecule has 6 nitrogen and oxygen atoms in total. The minimum Gasteiger partial charge on any atom is -0.355 e. The maximum absolute atomic E-state index is 13.0. The van der Waals surface area contributed by atoms with Gasteiger partial charge in [0.25, 0.3) is 5.82 Å². The Kier molecular flexibility index (Phi) is 3.78. The Bertz CT molecular complexity index is 868. The Labute approximate surface area is 141 Å². The molecule has 1 fully saturated rings. The zero-order valence-electron chi connectivity index (χ0n) is 13.2. The summed E-state index contributed by atoms with van der Waals surface area (Å²) in [6.45, 7) is 1.46. The lowest BCUT2D eigenvalue weighted by molar-refractivity contribution is -0.146. The standard InChI is InChI=1S/C16H15F3N6/c17-16(18,19)15-22-21-13-1-2-14(23-25(13)15)24-9-5-12(6-10-24)11-3-7-20-8-4-11/h1-4,7-8,12H,5-6,9-10H2. The molecule has 0 bridgehead atoms. The molecule has 4 rings (SSSR count). The zero-order valence-corrected chi connectivity index (χ0v) is 13.2. The van der Waals surface area contributed by atoms with Crippen molar-refractivity contribution in [1.29, 1.82) is 0 Å². The minimum atomic E-state index is -4.58. The predicted molar refractivity (Wildman–Crippen MR) is 84.2 cm³/mol. The molecule has 25 heavy (non-hydrogen) atoms. The smallest absolute Gasteiger partial charge is 0.355 e. The summed E-state index contributed by atoms with van der Waals surface area (Å²) < 4.78 is 39.7. The number of alkyl halides is 3. The monoisotopic (exact) mass is 348 g/mol. The van der Waals surface area contributed by atoms with Crippen molar-refractivity contribution in [2.24, 2.45) is 0 Å². The molecule has 0 atom stereocenters. The van der Waals surface area contributed by atoms with Crippen LogP contribution < -0.4 is 4.90 Å². The van der Waals surface area contributed by atoms with Crippen LogP contribution in [0.2, 0.25) is 0 Å². The van der Waals surface area contributed by atoms with E-state index in [2.05, 4.69) is 20.3 Å². The van der Waals surface area contributed by atoms with Crippen molar-refractivity contribution in [2.45, 2.75) is 24.9 Å². The second-order valence-corrected chi connectivity index (χ2v) is 6.02. The molecule has 0 unspecified atom stereocenters. The van der Waals surface area contributed by atoms with E-state index in [0.717, 1.165) is 30.4 Å². The highest BCUT2D eigenvalue weighted by Crippen LogP contribution is 2.31. The summed E-state index contributed by atoms with van der Waals surface area (Å²) in [6, 6.07) is 7.23. The van der Waals surface area contributed by atoms with E-state index in [4.69, 9.17) is 0 Å². The summed E-state index contributed by atoms with van der Waals surface area (Å²) in [5.41, 5.74) is 1.33. The third-order valence-electron chi connectivity index (χ3n) is 4.50. The first-order valence-electron chi connectivity index (χ1n) is 7.97. The molecule has 3 aromatic rings. The van der Waals surface area contributed by atoms with Crippen LogP contribution in [-0.2, 0) is 6.18 Å². The van der Waals surface area contributed by atoms with Crippen molar-refractivity contribution in [2.75, 3.05) is 18.0 Å². The molecule has 9 heteroatoms. The number of piperidine rings is 1. The van der Waals surface area contributed by atoms with Crippen LogP contribution in [0.1, 0.15) is 30.1 Å². The van der Waals surface area contributed by atoms with Gasteiger partial charge in [0, 0.05) is 25.5 Å². The number of pyridine rings is 1.